The molecule has 0 unspecified atom stereocenters. The smallest absolute Gasteiger partial charge is 0.252 e. The number of nitrogens with zero attached hydrogens (tertiary/aromatic N) is 10. The maximum atomic E-state index is 12.7. The number of primary amides is 2. The molecule has 3 aromatic carbocycles. The first-order valence-corrected chi connectivity index (χ1v) is 31.5. The maximum Gasteiger partial charge on any atom is 0.252 e. The van der Waals surface area contributed by atoms with Gasteiger partial charge in [0.1, 0.15) is 23.5 Å². The number of nitrogen functional groups attached to an aromatic ring is 3. The fourth-order valence-electron chi connectivity index (χ4n) is 10.4. The topological polar surface area (TPSA) is 391 Å². The van der Waals surface area contributed by atoms with Crippen molar-refractivity contribution in [1.29, 1.82) is 5.26 Å². The third-order valence-corrected chi connectivity index (χ3v) is 16.2. The number of aromatic nitrogens is 9. The van der Waals surface area contributed by atoms with Crippen LogP contribution in [0, 0.1) is 32.1 Å². The second kappa shape index (κ2) is 33.2. The van der Waals surface area contributed by atoms with E-state index in [4.69, 9.17) is 70.1 Å². The van der Waals surface area contributed by atoms with Gasteiger partial charge in [-0.15, -0.1) is 0 Å². The molecule has 0 atom stereocenters. The van der Waals surface area contributed by atoms with E-state index in [0.717, 1.165) is 72.0 Å². The minimum atomic E-state index is -1.00. The average Bonchev–Trinajstić information content (AvgIpc) is 0.851. The van der Waals surface area contributed by atoms with Crippen LogP contribution >= 0.6 is 34.8 Å². The van der Waals surface area contributed by atoms with Gasteiger partial charge in [-0.1, -0.05) is 53.0 Å². The van der Waals surface area contributed by atoms with Crippen LogP contribution in [-0.4, -0.2) is 81.5 Å². The summed E-state index contributed by atoms with van der Waals surface area (Å²) in [6.07, 6.45) is 11.3. The van der Waals surface area contributed by atoms with Gasteiger partial charge in [-0.25, -0.2) is 15.0 Å². The van der Waals surface area contributed by atoms with Gasteiger partial charge in [0, 0.05) is 143 Å². The zero-order valence-electron chi connectivity index (χ0n) is 55.0. The molecule has 504 valence electrons. The summed E-state index contributed by atoms with van der Waals surface area (Å²) >= 11 is 18.1. The van der Waals surface area contributed by atoms with Gasteiger partial charge in [0.25, 0.3) is 29.5 Å². The number of nitrogens with one attached hydrogen (secondary N) is 3. The third kappa shape index (κ3) is 18.9. The van der Waals surface area contributed by atoms with Crippen molar-refractivity contribution >= 4 is 115 Å². The average molecular weight is 1400 g/mol. The Labute approximate surface area is 589 Å². The molecule has 0 aliphatic heterocycles. The number of nitrogens with two attached hydrogens (primary N) is 5. The van der Waals surface area contributed by atoms with E-state index in [2.05, 4.69) is 60.8 Å². The standard InChI is InChI=1S/2C24H21ClN6O2.C24H19ClN6O.CH3F/c2*1-13-17(10-20(23(27)32)22(26)31-13)11-30-24(33)15-4-5-28-19(9-15)7-14-2-3-21-16(6-14)8-18(25)12-29-21;1-14-19(8-18(11-26)23(27)31-14)12-30-24(32)16-4-5-28-21(10-16)7-15-2-3-22-17(6-15)9-20(25)13-29-22;1-2/h2*2-6,8-10,12H,7,11H2,1H3,(H2,26,31)(H2,27,32)(H,30,33);2-6,8-10,13H,7,12H2,1H3,(H2,27,31)(H,30,32);1H3/i;;;1D. The Morgan fingerprint density at radius 1 is 0.460 bits per heavy atom. The Morgan fingerprint density at radius 2 is 0.770 bits per heavy atom. The van der Waals surface area contributed by atoms with Gasteiger partial charge < -0.3 is 44.6 Å². The van der Waals surface area contributed by atoms with Crippen LogP contribution in [0.25, 0.3) is 32.7 Å². The van der Waals surface area contributed by atoms with E-state index in [0.29, 0.717) is 79.2 Å². The van der Waals surface area contributed by atoms with Crippen molar-refractivity contribution in [2.75, 3.05) is 24.4 Å². The number of rotatable bonds is 17. The van der Waals surface area contributed by atoms with Crippen molar-refractivity contribution in [3.05, 3.63) is 281 Å². The molecule has 0 aliphatic rings. The Kier molecular flexibility index (Phi) is 23.4. The summed E-state index contributed by atoms with van der Waals surface area (Å²) in [6.45, 7) is 5.88. The van der Waals surface area contributed by atoms with E-state index in [1.165, 1.54) is 0 Å². The van der Waals surface area contributed by atoms with Crippen LogP contribution in [0.2, 0.25) is 15.1 Å². The van der Waals surface area contributed by atoms with Gasteiger partial charge >= 0.3 is 0 Å². The molecule has 0 saturated carbocycles. The lowest BCUT2D eigenvalue weighted by Crippen LogP contribution is -2.24. The molecule has 5 amide bonds. The molecule has 12 rings (SSSR count). The molecule has 9 aromatic heterocycles. The second-order valence-corrected chi connectivity index (χ2v) is 23.9. The highest BCUT2D eigenvalue weighted by molar-refractivity contribution is 6.31. The minimum absolute atomic E-state index is 0.0700. The number of amides is 5. The van der Waals surface area contributed by atoms with Crippen LogP contribution in [0.4, 0.5) is 21.8 Å². The molecule has 0 aliphatic carbocycles. The molecule has 13 N–H and O–H groups in total. The molecule has 0 spiro atoms. The van der Waals surface area contributed by atoms with Crippen LogP contribution in [0.5, 0.6) is 0 Å². The van der Waals surface area contributed by atoms with Gasteiger partial charge in [-0.3, -0.25) is 58.3 Å². The number of pyridine rings is 9. The SMILES string of the molecule is Cc1nc(N)c(C#N)cc1CNC(=O)c1ccnc(Cc2ccc3ncc(Cl)cc3c2)c1.Cc1nc(N)c(C(N)=O)cc1CNC(=O)c1ccnc(Cc2ccc3ncc(Cl)cc3c2)c1.Cc1nc(N)c(C(N)=O)cc1CNC(=O)c1ccnc(Cc2ccc3ncc(Cl)cc3c2)c1.[2H]CF. The number of fused-ring (bicyclic) bond motifs is 3. The molecule has 9 heterocycles. The van der Waals surface area contributed by atoms with Crippen LogP contribution in [0.3, 0.4) is 0 Å². The summed E-state index contributed by atoms with van der Waals surface area (Å²) in [5, 5.41) is 22.3. The van der Waals surface area contributed by atoms with Crippen molar-refractivity contribution in [1.82, 2.24) is 60.8 Å². The van der Waals surface area contributed by atoms with Gasteiger partial charge in [-0.05, 0) is 163 Å². The Bertz CT molecular complexity index is 4990. The number of carbonyl (C=O) groups excluding carboxylic acids is 5. The molecule has 100 heavy (non-hydrogen) atoms. The molecule has 12 aromatic rings. The maximum absolute atomic E-state index is 12.7. The first-order chi connectivity index (χ1) is 48.4. The fourth-order valence-corrected chi connectivity index (χ4v) is 10.9. The van der Waals surface area contributed by atoms with E-state index in [9.17, 15) is 28.4 Å². The Balaban J connectivity index is 0.000000173. The number of alkyl halides is 1. The number of nitriles is 1. The first kappa shape index (κ1) is 70.6. The summed E-state index contributed by atoms with van der Waals surface area (Å²) in [4.78, 5) is 99.7. The zero-order valence-corrected chi connectivity index (χ0v) is 56.2. The fraction of sp³-hybridized carbons (Fsp3) is 0.137. The number of hydrogen-bond acceptors (Lipinski definition) is 18. The summed E-state index contributed by atoms with van der Waals surface area (Å²) in [5.41, 5.74) is 41.8. The van der Waals surface area contributed by atoms with Crippen LogP contribution < -0.4 is 44.6 Å². The second-order valence-electron chi connectivity index (χ2n) is 22.6. The molecular formula is C73H64Cl3FN18O5. The number of hydrogen-bond donors (Lipinski definition) is 8. The molecule has 0 fully saturated rings. The van der Waals surface area contributed by atoms with Crippen molar-refractivity contribution in [2.24, 2.45) is 11.5 Å². The lowest BCUT2D eigenvalue weighted by atomic mass is 10.0. The van der Waals surface area contributed by atoms with E-state index < -0.39 is 19.0 Å². The Hall–Kier alpha value is -12.2. The van der Waals surface area contributed by atoms with Crippen LogP contribution in [-0.2, 0) is 38.9 Å². The highest BCUT2D eigenvalue weighted by Gasteiger charge is 2.18. The van der Waals surface area contributed by atoms with Crippen molar-refractivity contribution in [3.63, 3.8) is 0 Å². The van der Waals surface area contributed by atoms with E-state index in [-0.39, 0.29) is 71.5 Å². The largest absolute Gasteiger partial charge is 0.383 e. The Morgan fingerprint density at radius 3 is 1.08 bits per heavy atom. The number of halogens is 4. The number of anilines is 3. The number of aryl methyl sites for hydroxylation is 3. The van der Waals surface area contributed by atoms with E-state index in [1.54, 1.807) is 113 Å². The number of benzene rings is 3. The lowest BCUT2D eigenvalue weighted by molar-refractivity contribution is 0.0942. The quantitative estimate of drug-likeness (QED) is 0.0420. The predicted octanol–water partition coefficient (Wildman–Crippen LogP) is 10.9. The monoisotopic (exact) mass is 1400 g/mol. The lowest BCUT2D eigenvalue weighted by Gasteiger charge is -2.11. The molecule has 0 bridgehead atoms. The highest BCUT2D eigenvalue weighted by Crippen LogP contribution is 2.25. The summed E-state index contributed by atoms with van der Waals surface area (Å²) < 4.78 is 15.5. The molecule has 27 heteroatoms. The molecule has 23 nitrogen and oxygen atoms in total. The third-order valence-electron chi connectivity index (χ3n) is 15.5. The van der Waals surface area contributed by atoms with Crippen LogP contribution in [0.1, 0.15) is 126 Å². The van der Waals surface area contributed by atoms with E-state index >= 15 is 0 Å². The van der Waals surface area contributed by atoms with E-state index in [1.807, 2.05) is 78.9 Å². The van der Waals surface area contributed by atoms with Crippen molar-refractivity contribution in [2.45, 2.75) is 59.7 Å². The summed E-state index contributed by atoms with van der Waals surface area (Å²) in [5.74, 6) is -1.80. The van der Waals surface area contributed by atoms with Crippen LogP contribution in [0.15, 0.2) is 165 Å². The van der Waals surface area contributed by atoms with Gasteiger partial charge in [-0.2, -0.15) is 5.26 Å². The molecule has 0 radical (unpaired) electrons. The molecule has 0 saturated heterocycles. The number of carbonyl (C=O) groups is 5. The van der Waals surface area contributed by atoms with Gasteiger partial charge in [0.2, 0.25) is 0 Å². The first-order valence-electron chi connectivity index (χ1n) is 31.1. The minimum Gasteiger partial charge on any atom is -0.383 e. The predicted molar refractivity (Wildman–Crippen MR) is 384 cm³/mol. The summed E-state index contributed by atoms with van der Waals surface area (Å²) in [6, 6.07) is 40.4. The highest BCUT2D eigenvalue weighted by atomic mass is 35.5. The van der Waals surface area contributed by atoms with Gasteiger partial charge in [0.05, 0.1) is 56.8 Å². The van der Waals surface area contributed by atoms with Gasteiger partial charge in [0.15, 0.2) is 0 Å². The normalized spacial score (nSPS) is 10.8. The molecular weight excluding hydrogens is 1330 g/mol. The van der Waals surface area contributed by atoms with Crippen molar-refractivity contribution in [3.8, 4) is 6.07 Å². The zero-order chi connectivity index (χ0) is 72.4. The summed E-state index contributed by atoms with van der Waals surface area (Å²) in [7, 11) is -1.00. The van der Waals surface area contributed by atoms with Crippen molar-refractivity contribution < 1.29 is 29.7 Å².